The zero-order valence-electron chi connectivity index (χ0n) is 27.2. The van der Waals surface area contributed by atoms with Gasteiger partial charge in [0, 0.05) is 27.9 Å². The van der Waals surface area contributed by atoms with Crippen molar-refractivity contribution in [3.8, 4) is 44.6 Å². The van der Waals surface area contributed by atoms with Crippen molar-refractivity contribution >= 4 is 54.1 Å². The van der Waals surface area contributed by atoms with Crippen LogP contribution in [0.4, 0.5) is 0 Å². The predicted octanol–water partition coefficient (Wildman–Crippen LogP) is 12.9. The molecule has 2 heteroatoms. The topological polar surface area (TPSA) is 25.8 Å². The van der Waals surface area contributed by atoms with Crippen LogP contribution < -0.4 is 0 Å². The molecule has 0 atom stereocenters. The second kappa shape index (κ2) is 11.5. The first-order chi connectivity index (χ1) is 24.8. The Kier molecular flexibility index (Phi) is 6.53. The average Bonchev–Trinajstić information content (AvgIpc) is 3.19. The van der Waals surface area contributed by atoms with Crippen LogP contribution in [0.5, 0.6) is 0 Å². The second-order valence-electron chi connectivity index (χ2n) is 13.0. The highest BCUT2D eigenvalue weighted by Gasteiger charge is 2.17. The Morgan fingerprint density at radius 2 is 0.860 bits per heavy atom. The number of rotatable bonds is 4. The molecule has 0 spiro atoms. The minimum absolute atomic E-state index is 0.954. The van der Waals surface area contributed by atoms with Crippen LogP contribution in [0.2, 0.25) is 0 Å². The van der Waals surface area contributed by atoms with Crippen molar-refractivity contribution in [2.45, 2.75) is 0 Å². The van der Waals surface area contributed by atoms with E-state index < -0.39 is 0 Å². The van der Waals surface area contributed by atoms with Crippen molar-refractivity contribution in [2.75, 3.05) is 0 Å². The van der Waals surface area contributed by atoms with Gasteiger partial charge in [-0.05, 0) is 96.7 Å². The Balaban J connectivity index is 1.21. The lowest BCUT2D eigenvalue weighted by Crippen LogP contribution is -1.94. The third kappa shape index (κ3) is 4.73. The van der Waals surface area contributed by atoms with Gasteiger partial charge in [-0.3, -0.25) is 4.98 Å². The molecule has 0 aliphatic rings. The zero-order chi connectivity index (χ0) is 33.0. The molecule has 2 heterocycles. The van der Waals surface area contributed by atoms with Gasteiger partial charge in [-0.1, -0.05) is 140 Å². The van der Waals surface area contributed by atoms with Gasteiger partial charge in [0.25, 0.3) is 0 Å². The van der Waals surface area contributed by atoms with Gasteiger partial charge in [0.2, 0.25) is 0 Å². The van der Waals surface area contributed by atoms with Gasteiger partial charge in [-0.2, -0.15) is 0 Å². The molecule has 0 saturated carbocycles. The summed E-state index contributed by atoms with van der Waals surface area (Å²) in [5, 5.41) is 9.58. The molecule has 8 aromatic carbocycles. The van der Waals surface area contributed by atoms with Crippen molar-refractivity contribution in [3.05, 3.63) is 182 Å². The van der Waals surface area contributed by atoms with Crippen LogP contribution in [-0.2, 0) is 0 Å². The van der Waals surface area contributed by atoms with E-state index in [1.165, 1.54) is 54.7 Å². The smallest absolute Gasteiger partial charge is 0.0794 e. The lowest BCUT2D eigenvalue weighted by molar-refractivity contribution is 1.40. The van der Waals surface area contributed by atoms with E-state index in [0.29, 0.717) is 0 Å². The van der Waals surface area contributed by atoms with Gasteiger partial charge in [-0.15, -0.1) is 0 Å². The van der Waals surface area contributed by atoms with Crippen molar-refractivity contribution in [2.24, 2.45) is 0 Å². The quantitative estimate of drug-likeness (QED) is 0.180. The van der Waals surface area contributed by atoms with E-state index in [-0.39, 0.29) is 0 Å². The fraction of sp³-hybridized carbons (Fsp3) is 0. The van der Waals surface area contributed by atoms with Crippen molar-refractivity contribution in [1.82, 2.24) is 9.97 Å². The first kappa shape index (κ1) is 28.4. The molecule has 0 fully saturated rings. The van der Waals surface area contributed by atoms with E-state index in [0.717, 1.165) is 44.0 Å². The van der Waals surface area contributed by atoms with Crippen LogP contribution in [-0.4, -0.2) is 9.97 Å². The lowest BCUT2D eigenvalue weighted by Gasteiger charge is -2.16. The number of pyridine rings is 2. The number of fused-ring (bicyclic) bond motifs is 6. The zero-order valence-corrected chi connectivity index (χ0v) is 27.2. The predicted molar refractivity (Wildman–Crippen MR) is 211 cm³/mol. The van der Waals surface area contributed by atoms with E-state index in [2.05, 4.69) is 175 Å². The summed E-state index contributed by atoms with van der Waals surface area (Å²) >= 11 is 0. The van der Waals surface area contributed by atoms with Gasteiger partial charge in [0.05, 0.1) is 16.7 Å². The average molecular weight is 635 g/mol. The fourth-order valence-electron chi connectivity index (χ4n) is 7.56. The molecule has 0 unspecified atom stereocenters. The van der Waals surface area contributed by atoms with E-state index in [9.17, 15) is 0 Å². The van der Waals surface area contributed by atoms with Crippen LogP contribution in [0.25, 0.3) is 98.8 Å². The number of hydrogen-bond donors (Lipinski definition) is 0. The molecule has 232 valence electrons. The van der Waals surface area contributed by atoms with Crippen LogP contribution in [0.1, 0.15) is 0 Å². The molecule has 0 radical (unpaired) electrons. The normalized spacial score (nSPS) is 11.6. The summed E-state index contributed by atoms with van der Waals surface area (Å²) in [6.45, 7) is 0. The maximum Gasteiger partial charge on any atom is 0.0794 e. The van der Waals surface area contributed by atoms with E-state index >= 15 is 0 Å². The molecule has 2 nitrogen and oxygen atoms in total. The number of aromatic nitrogens is 2. The SMILES string of the molecule is c1ccc2cc(-c3cc4c(-c5ccc6ccccc6c5)cc(-c5ccc(-c6ccnc7ccccc67)cc5)nc4c4ccccc34)ccc2c1. The molecule has 0 amide bonds. The molecular weight excluding hydrogens is 605 g/mol. The number of hydrogen-bond acceptors (Lipinski definition) is 2. The van der Waals surface area contributed by atoms with Gasteiger partial charge in [0.1, 0.15) is 0 Å². The maximum atomic E-state index is 5.45. The third-order valence-corrected chi connectivity index (χ3v) is 10.1. The Labute approximate surface area is 290 Å². The third-order valence-electron chi connectivity index (χ3n) is 10.1. The summed E-state index contributed by atoms with van der Waals surface area (Å²) in [6.07, 6.45) is 1.89. The summed E-state index contributed by atoms with van der Waals surface area (Å²) in [7, 11) is 0. The van der Waals surface area contributed by atoms with Crippen molar-refractivity contribution < 1.29 is 0 Å². The number of para-hydroxylation sites is 1. The van der Waals surface area contributed by atoms with Crippen molar-refractivity contribution in [3.63, 3.8) is 0 Å². The Bertz CT molecular complexity index is 2920. The molecule has 50 heavy (non-hydrogen) atoms. The van der Waals surface area contributed by atoms with Gasteiger partial charge in [0.15, 0.2) is 0 Å². The summed E-state index contributed by atoms with van der Waals surface area (Å²) in [4.78, 5) is 10.0. The molecular formula is C48H30N2. The Morgan fingerprint density at radius 1 is 0.320 bits per heavy atom. The summed E-state index contributed by atoms with van der Waals surface area (Å²) < 4.78 is 0. The largest absolute Gasteiger partial charge is 0.256 e. The number of nitrogens with zero attached hydrogens (tertiary/aromatic N) is 2. The van der Waals surface area contributed by atoms with Crippen LogP contribution in [0, 0.1) is 0 Å². The van der Waals surface area contributed by atoms with E-state index in [1.807, 2.05) is 12.3 Å². The molecule has 0 N–H and O–H groups in total. The highest BCUT2D eigenvalue weighted by molar-refractivity contribution is 6.16. The standard InChI is InChI=1S/C48H30N2/c1-3-11-35-27-37(23-17-31(35)9-1)43-29-45-44(38-24-18-32-10-2-4-12-36(32)28-38)30-47(50-48(45)42-15-6-5-13-40(42)43)34-21-19-33(20-22-34)39-25-26-49-46-16-8-7-14-41(39)46/h1-30H. The number of benzene rings is 8. The summed E-state index contributed by atoms with van der Waals surface area (Å²) in [6, 6.07) is 63.4. The minimum atomic E-state index is 0.954. The van der Waals surface area contributed by atoms with Gasteiger partial charge >= 0.3 is 0 Å². The Hall–Kier alpha value is -6.64. The molecule has 10 rings (SSSR count). The van der Waals surface area contributed by atoms with Crippen molar-refractivity contribution in [1.29, 1.82) is 0 Å². The second-order valence-corrected chi connectivity index (χ2v) is 13.0. The van der Waals surface area contributed by atoms with Crippen LogP contribution in [0.3, 0.4) is 0 Å². The highest BCUT2D eigenvalue weighted by atomic mass is 14.7. The molecule has 0 aliphatic carbocycles. The maximum absolute atomic E-state index is 5.45. The first-order valence-electron chi connectivity index (χ1n) is 17.1. The van der Waals surface area contributed by atoms with Crippen LogP contribution in [0.15, 0.2) is 182 Å². The van der Waals surface area contributed by atoms with Gasteiger partial charge < -0.3 is 0 Å². The lowest BCUT2D eigenvalue weighted by atomic mass is 9.90. The highest BCUT2D eigenvalue weighted by Crippen LogP contribution is 2.41. The molecule has 10 aromatic rings. The van der Waals surface area contributed by atoms with Crippen LogP contribution >= 0.6 is 0 Å². The molecule has 0 saturated heterocycles. The fourth-order valence-corrected chi connectivity index (χ4v) is 7.56. The van der Waals surface area contributed by atoms with Gasteiger partial charge in [-0.25, -0.2) is 4.98 Å². The minimum Gasteiger partial charge on any atom is -0.256 e. The molecule has 2 aromatic heterocycles. The summed E-state index contributed by atoms with van der Waals surface area (Å²) in [5.74, 6) is 0. The molecule has 0 bridgehead atoms. The molecule has 0 aliphatic heterocycles. The van der Waals surface area contributed by atoms with E-state index in [4.69, 9.17) is 4.98 Å². The Morgan fingerprint density at radius 3 is 1.56 bits per heavy atom. The first-order valence-corrected chi connectivity index (χ1v) is 17.1. The monoisotopic (exact) mass is 634 g/mol. The summed E-state index contributed by atoms with van der Waals surface area (Å²) in [5.41, 5.74) is 11.2. The van der Waals surface area contributed by atoms with E-state index in [1.54, 1.807) is 0 Å².